The molecule has 0 fully saturated rings. The quantitative estimate of drug-likeness (QED) is 0.803. The number of hydrogen-bond acceptors (Lipinski definition) is 2. The summed E-state index contributed by atoms with van der Waals surface area (Å²) in [4.78, 5) is 2.40. The van der Waals surface area contributed by atoms with Crippen molar-refractivity contribution < 1.29 is 0 Å². The van der Waals surface area contributed by atoms with Crippen molar-refractivity contribution in [2.45, 2.75) is 40.2 Å². The standard InChI is InChI=1S/C16H28N2/c1-5-16(6-2,12-17)13-18(4)11-15-10-8-7-9-14(15)3/h7-10H,5-6,11-13,17H2,1-4H3. The van der Waals surface area contributed by atoms with Gasteiger partial charge in [0.25, 0.3) is 0 Å². The van der Waals surface area contributed by atoms with Gasteiger partial charge in [-0.3, -0.25) is 0 Å². The SMILES string of the molecule is CCC(CC)(CN)CN(C)Cc1ccccc1C. The van der Waals surface area contributed by atoms with Crippen LogP contribution < -0.4 is 5.73 Å². The molecule has 102 valence electrons. The van der Waals surface area contributed by atoms with Crippen molar-refractivity contribution in [3.63, 3.8) is 0 Å². The maximum atomic E-state index is 5.97. The van der Waals surface area contributed by atoms with Crippen LogP contribution in [-0.2, 0) is 6.54 Å². The van der Waals surface area contributed by atoms with E-state index in [9.17, 15) is 0 Å². The smallest absolute Gasteiger partial charge is 0.0233 e. The molecular weight excluding hydrogens is 220 g/mol. The number of nitrogens with two attached hydrogens (primary N) is 1. The molecule has 1 aromatic carbocycles. The minimum absolute atomic E-state index is 0.275. The van der Waals surface area contributed by atoms with Gasteiger partial charge in [-0.15, -0.1) is 0 Å². The molecular formula is C16H28N2. The number of hydrogen-bond donors (Lipinski definition) is 1. The topological polar surface area (TPSA) is 29.3 Å². The van der Waals surface area contributed by atoms with Gasteiger partial charge in [0, 0.05) is 13.1 Å². The van der Waals surface area contributed by atoms with Crippen LogP contribution in [0.3, 0.4) is 0 Å². The summed E-state index contributed by atoms with van der Waals surface area (Å²) in [5, 5.41) is 0. The third-order valence-corrected chi connectivity index (χ3v) is 4.24. The third-order valence-electron chi connectivity index (χ3n) is 4.24. The molecule has 0 unspecified atom stereocenters. The molecule has 18 heavy (non-hydrogen) atoms. The Labute approximate surface area is 112 Å². The molecule has 0 aliphatic rings. The van der Waals surface area contributed by atoms with E-state index >= 15 is 0 Å². The Kier molecular flexibility index (Phi) is 5.83. The van der Waals surface area contributed by atoms with Crippen LogP contribution in [0.2, 0.25) is 0 Å². The van der Waals surface area contributed by atoms with Crippen LogP contribution in [-0.4, -0.2) is 25.0 Å². The Hall–Kier alpha value is -0.860. The first-order chi connectivity index (χ1) is 8.56. The predicted molar refractivity (Wildman–Crippen MR) is 79.6 cm³/mol. The van der Waals surface area contributed by atoms with Crippen LogP contribution in [0.5, 0.6) is 0 Å². The first-order valence-electron chi connectivity index (χ1n) is 7.00. The van der Waals surface area contributed by atoms with E-state index in [0.717, 1.165) is 32.5 Å². The fraction of sp³-hybridized carbons (Fsp3) is 0.625. The Balaban J connectivity index is 2.66. The molecule has 0 saturated carbocycles. The first kappa shape index (κ1) is 15.2. The lowest BCUT2D eigenvalue weighted by Gasteiger charge is -2.34. The minimum atomic E-state index is 0.275. The van der Waals surface area contributed by atoms with Crippen molar-refractivity contribution in [1.82, 2.24) is 4.90 Å². The predicted octanol–water partition coefficient (Wildman–Crippen LogP) is 3.19. The Morgan fingerprint density at radius 1 is 1.17 bits per heavy atom. The fourth-order valence-corrected chi connectivity index (χ4v) is 2.53. The molecule has 0 spiro atoms. The second kappa shape index (κ2) is 6.91. The molecule has 2 heteroatoms. The summed E-state index contributed by atoms with van der Waals surface area (Å²) in [5.41, 5.74) is 9.03. The zero-order valence-electron chi connectivity index (χ0n) is 12.4. The molecule has 0 amide bonds. The number of nitrogens with zero attached hydrogens (tertiary/aromatic N) is 1. The van der Waals surface area contributed by atoms with Crippen LogP contribution in [0.15, 0.2) is 24.3 Å². The molecule has 1 rings (SSSR count). The maximum Gasteiger partial charge on any atom is 0.0233 e. The van der Waals surface area contributed by atoms with E-state index in [4.69, 9.17) is 5.73 Å². The Morgan fingerprint density at radius 2 is 1.78 bits per heavy atom. The van der Waals surface area contributed by atoms with Crippen molar-refractivity contribution in [2.75, 3.05) is 20.1 Å². The van der Waals surface area contributed by atoms with Crippen molar-refractivity contribution >= 4 is 0 Å². The molecule has 1 aromatic rings. The summed E-state index contributed by atoms with van der Waals surface area (Å²) in [6.07, 6.45) is 2.30. The van der Waals surface area contributed by atoms with Gasteiger partial charge in [-0.25, -0.2) is 0 Å². The Bertz CT molecular complexity index is 348. The molecule has 0 aliphatic carbocycles. The molecule has 0 radical (unpaired) electrons. The van der Waals surface area contributed by atoms with Crippen LogP contribution in [0.25, 0.3) is 0 Å². The molecule has 2 nitrogen and oxygen atoms in total. The molecule has 2 N–H and O–H groups in total. The van der Waals surface area contributed by atoms with Gasteiger partial charge in [-0.1, -0.05) is 38.1 Å². The van der Waals surface area contributed by atoms with Gasteiger partial charge in [-0.05, 0) is 49.9 Å². The average molecular weight is 248 g/mol. The molecule has 0 atom stereocenters. The van der Waals surface area contributed by atoms with Crippen molar-refractivity contribution in [3.05, 3.63) is 35.4 Å². The number of benzene rings is 1. The summed E-state index contributed by atoms with van der Waals surface area (Å²) in [7, 11) is 2.20. The van der Waals surface area contributed by atoms with Gasteiger partial charge in [0.05, 0.1) is 0 Å². The van der Waals surface area contributed by atoms with Gasteiger partial charge >= 0.3 is 0 Å². The summed E-state index contributed by atoms with van der Waals surface area (Å²) in [6.45, 7) is 9.53. The summed E-state index contributed by atoms with van der Waals surface area (Å²) in [6, 6.07) is 8.61. The highest BCUT2D eigenvalue weighted by Crippen LogP contribution is 2.26. The van der Waals surface area contributed by atoms with Crippen LogP contribution in [0.1, 0.15) is 37.8 Å². The van der Waals surface area contributed by atoms with Crippen LogP contribution >= 0.6 is 0 Å². The summed E-state index contributed by atoms with van der Waals surface area (Å²) < 4.78 is 0. The van der Waals surface area contributed by atoms with Crippen LogP contribution in [0.4, 0.5) is 0 Å². The van der Waals surface area contributed by atoms with Gasteiger partial charge in [-0.2, -0.15) is 0 Å². The van der Waals surface area contributed by atoms with Gasteiger partial charge in [0.15, 0.2) is 0 Å². The number of aryl methyl sites for hydroxylation is 1. The highest BCUT2D eigenvalue weighted by atomic mass is 15.1. The molecule has 0 saturated heterocycles. The lowest BCUT2D eigenvalue weighted by Crippen LogP contribution is -2.40. The van der Waals surface area contributed by atoms with E-state index in [2.05, 4.69) is 57.0 Å². The van der Waals surface area contributed by atoms with Gasteiger partial charge < -0.3 is 10.6 Å². The normalized spacial score (nSPS) is 12.1. The summed E-state index contributed by atoms with van der Waals surface area (Å²) in [5.74, 6) is 0. The minimum Gasteiger partial charge on any atom is -0.330 e. The second-order valence-electron chi connectivity index (χ2n) is 5.51. The van der Waals surface area contributed by atoms with Crippen molar-refractivity contribution in [2.24, 2.45) is 11.1 Å². The highest BCUT2D eigenvalue weighted by Gasteiger charge is 2.25. The third kappa shape index (κ3) is 3.82. The van der Waals surface area contributed by atoms with E-state index in [1.165, 1.54) is 11.1 Å². The molecule has 0 bridgehead atoms. The van der Waals surface area contributed by atoms with Crippen molar-refractivity contribution in [3.8, 4) is 0 Å². The first-order valence-corrected chi connectivity index (χ1v) is 7.00. The Morgan fingerprint density at radius 3 is 2.28 bits per heavy atom. The maximum absolute atomic E-state index is 5.97. The zero-order chi connectivity index (χ0) is 13.6. The van der Waals surface area contributed by atoms with Gasteiger partial charge in [0.2, 0.25) is 0 Å². The molecule has 0 aliphatic heterocycles. The molecule has 0 aromatic heterocycles. The largest absolute Gasteiger partial charge is 0.330 e. The zero-order valence-corrected chi connectivity index (χ0v) is 12.4. The van der Waals surface area contributed by atoms with E-state index in [0.29, 0.717) is 0 Å². The van der Waals surface area contributed by atoms with Crippen LogP contribution in [0, 0.1) is 12.3 Å². The van der Waals surface area contributed by atoms with Crippen molar-refractivity contribution in [1.29, 1.82) is 0 Å². The fourth-order valence-electron chi connectivity index (χ4n) is 2.53. The summed E-state index contributed by atoms with van der Waals surface area (Å²) >= 11 is 0. The van der Waals surface area contributed by atoms with E-state index < -0.39 is 0 Å². The monoisotopic (exact) mass is 248 g/mol. The van der Waals surface area contributed by atoms with E-state index in [1.54, 1.807) is 0 Å². The lowest BCUT2D eigenvalue weighted by molar-refractivity contribution is 0.162. The second-order valence-corrected chi connectivity index (χ2v) is 5.51. The number of rotatable bonds is 7. The average Bonchev–Trinajstić information content (AvgIpc) is 2.39. The van der Waals surface area contributed by atoms with Gasteiger partial charge in [0.1, 0.15) is 0 Å². The van der Waals surface area contributed by atoms with E-state index in [1.807, 2.05) is 0 Å². The lowest BCUT2D eigenvalue weighted by atomic mass is 9.82. The molecule has 0 heterocycles. The highest BCUT2D eigenvalue weighted by molar-refractivity contribution is 5.25. The van der Waals surface area contributed by atoms with E-state index in [-0.39, 0.29) is 5.41 Å².